The first-order valence-electron chi connectivity index (χ1n) is 6.55. The molecule has 0 aliphatic carbocycles. The molecule has 0 fully saturated rings. The quantitative estimate of drug-likeness (QED) is 0.909. The molecule has 114 valence electrons. The molecule has 0 aliphatic rings. The lowest BCUT2D eigenvalue weighted by Gasteiger charge is -2.09. The summed E-state index contributed by atoms with van der Waals surface area (Å²) in [6, 6.07) is 10.4. The van der Waals surface area contributed by atoms with Gasteiger partial charge in [0.25, 0.3) is 5.91 Å². The number of carbonyl (C=O) groups is 2. The highest BCUT2D eigenvalue weighted by Crippen LogP contribution is 2.19. The first-order valence-corrected chi connectivity index (χ1v) is 6.93. The highest BCUT2D eigenvalue weighted by molar-refractivity contribution is 6.31. The van der Waals surface area contributed by atoms with Crippen LogP contribution in [0.2, 0.25) is 5.02 Å². The zero-order chi connectivity index (χ0) is 16.1. The molecule has 0 spiro atoms. The van der Waals surface area contributed by atoms with Gasteiger partial charge in [0.2, 0.25) is 5.91 Å². The fourth-order valence-corrected chi connectivity index (χ4v) is 1.99. The SMILES string of the molecule is Cc1ccc(Cl)cc1NC(=O)CNC(=O)c1cccc(F)c1. The van der Waals surface area contributed by atoms with E-state index in [1.807, 2.05) is 6.92 Å². The van der Waals surface area contributed by atoms with Crippen molar-refractivity contribution >= 4 is 29.1 Å². The maximum absolute atomic E-state index is 13.0. The minimum absolute atomic E-state index is 0.159. The summed E-state index contributed by atoms with van der Waals surface area (Å²) in [5.74, 6) is -1.42. The normalized spacial score (nSPS) is 10.1. The van der Waals surface area contributed by atoms with Crippen molar-refractivity contribution in [2.24, 2.45) is 0 Å². The molecule has 0 radical (unpaired) electrons. The average Bonchev–Trinajstić information content (AvgIpc) is 2.48. The number of aryl methyl sites for hydroxylation is 1. The Kier molecular flexibility index (Phi) is 5.12. The molecule has 0 saturated carbocycles. The largest absolute Gasteiger partial charge is 0.343 e. The topological polar surface area (TPSA) is 58.2 Å². The standard InChI is InChI=1S/C16H14ClFN2O2/c1-10-5-6-12(17)8-14(10)20-15(21)9-19-16(22)11-3-2-4-13(18)7-11/h2-8H,9H2,1H3,(H,19,22)(H,20,21). The molecule has 0 aliphatic heterocycles. The lowest BCUT2D eigenvalue weighted by molar-refractivity contribution is -0.115. The zero-order valence-electron chi connectivity index (χ0n) is 11.8. The Morgan fingerprint density at radius 2 is 1.95 bits per heavy atom. The van der Waals surface area contributed by atoms with E-state index < -0.39 is 17.6 Å². The summed E-state index contributed by atoms with van der Waals surface area (Å²) in [6.45, 7) is 1.61. The highest BCUT2D eigenvalue weighted by atomic mass is 35.5. The minimum atomic E-state index is -0.516. The number of hydrogen-bond acceptors (Lipinski definition) is 2. The van der Waals surface area contributed by atoms with Gasteiger partial charge in [-0.1, -0.05) is 23.7 Å². The summed E-state index contributed by atoms with van der Waals surface area (Å²) in [4.78, 5) is 23.6. The van der Waals surface area contributed by atoms with E-state index in [2.05, 4.69) is 10.6 Å². The van der Waals surface area contributed by atoms with Gasteiger partial charge in [-0.3, -0.25) is 9.59 Å². The van der Waals surface area contributed by atoms with Crippen molar-refractivity contribution in [2.45, 2.75) is 6.92 Å². The molecule has 22 heavy (non-hydrogen) atoms. The Hall–Kier alpha value is -2.40. The smallest absolute Gasteiger partial charge is 0.251 e. The van der Waals surface area contributed by atoms with E-state index in [1.54, 1.807) is 18.2 Å². The van der Waals surface area contributed by atoms with Crippen LogP contribution in [0.15, 0.2) is 42.5 Å². The Morgan fingerprint density at radius 1 is 1.18 bits per heavy atom. The molecule has 2 N–H and O–H groups in total. The van der Waals surface area contributed by atoms with E-state index in [0.717, 1.165) is 11.6 Å². The molecule has 2 aromatic rings. The predicted molar refractivity (Wildman–Crippen MR) is 83.6 cm³/mol. The molecule has 0 unspecified atom stereocenters. The van der Waals surface area contributed by atoms with E-state index in [0.29, 0.717) is 10.7 Å². The number of benzene rings is 2. The fraction of sp³-hybridized carbons (Fsp3) is 0.125. The van der Waals surface area contributed by atoms with Crippen molar-refractivity contribution in [1.82, 2.24) is 5.32 Å². The van der Waals surface area contributed by atoms with Crippen molar-refractivity contribution in [2.75, 3.05) is 11.9 Å². The molecular weight excluding hydrogens is 307 g/mol. The Bertz CT molecular complexity index is 719. The maximum atomic E-state index is 13.0. The van der Waals surface area contributed by atoms with Crippen LogP contribution < -0.4 is 10.6 Å². The van der Waals surface area contributed by atoms with Crippen LogP contribution in [-0.2, 0) is 4.79 Å². The number of anilines is 1. The summed E-state index contributed by atoms with van der Waals surface area (Å²) in [5.41, 5.74) is 1.60. The molecule has 0 saturated heterocycles. The lowest BCUT2D eigenvalue weighted by atomic mass is 10.2. The van der Waals surface area contributed by atoms with E-state index in [-0.39, 0.29) is 12.1 Å². The average molecular weight is 321 g/mol. The molecule has 0 aromatic heterocycles. The molecule has 2 rings (SSSR count). The van der Waals surface area contributed by atoms with Gasteiger partial charge in [0.1, 0.15) is 5.82 Å². The van der Waals surface area contributed by atoms with Crippen LogP contribution >= 0.6 is 11.6 Å². The van der Waals surface area contributed by atoms with Crippen LogP contribution in [0.1, 0.15) is 15.9 Å². The van der Waals surface area contributed by atoms with Gasteiger partial charge in [-0.05, 0) is 42.8 Å². The Balaban J connectivity index is 1.93. The number of halogens is 2. The molecule has 2 amide bonds. The second-order valence-corrected chi connectivity index (χ2v) is 5.14. The van der Waals surface area contributed by atoms with Crippen LogP contribution in [0, 0.1) is 12.7 Å². The van der Waals surface area contributed by atoms with Gasteiger partial charge in [-0.25, -0.2) is 4.39 Å². The Morgan fingerprint density at radius 3 is 2.68 bits per heavy atom. The first-order chi connectivity index (χ1) is 10.5. The maximum Gasteiger partial charge on any atom is 0.251 e. The van der Waals surface area contributed by atoms with Crippen molar-refractivity contribution in [3.05, 3.63) is 64.4 Å². The third-order valence-corrected chi connectivity index (χ3v) is 3.21. The molecule has 0 heterocycles. The van der Waals surface area contributed by atoms with Crippen LogP contribution in [0.5, 0.6) is 0 Å². The summed E-state index contributed by atoms with van der Waals surface area (Å²) >= 11 is 5.87. The first kappa shape index (κ1) is 16.0. The molecule has 0 atom stereocenters. The summed E-state index contributed by atoms with van der Waals surface area (Å²) < 4.78 is 13.0. The van der Waals surface area contributed by atoms with Crippen molar-refractivity contribution in [3.8, 4) is 0 Å². The third kappa shape index (κ3) is 4.30. The number of rotatable bonds is 4. The van der Waals surface area contributed by atoms with Gasteiger partial charge >= 0.3 is 0 Å². The molecule has 2 aromatic carbocycles. The second kappa shape index (κ2) is 7.04. The summed E-state index contributed by atoms with van der Waals surface area (Å²) in [6.07, 6.45) is 0. The van der Waals surface area contributed by atoms with E-state index in [4.69, 9.17) is 11.6 Å². The van der Waals surface area contributed by atoms with Gasteiger partial charge < -0.3 is 10.6 Å². The van der Waals surface area contributed by atoms with Crippen LogP contribution in [0.4, 0.5) is 10.1 Å². The molecule has 0 bridgehead atoms. The second-order valence-electron chi connectivity index (χ2n) is 4.70. The van der Waals surface area contributed by atoms with E-state index in [9.17, 15) is 14.0 Å². The molecule has 6 heteroatoms. The van der Waals surface area contributed by atoms with Crippen LogP contribution in [0.3, 0.4) is 0 Å². The van der Waals surface area contributed by atoms with Gasteiger partial charge in [-0.15, -0.1) is 0 Å². The number of amides is 2. The lowest BCUT2D eigenvalue weighted by Crippen LogP contribution is -2.33. The monoisotopic (exact) mass is 320 g/mol. The number of carbonyl (C=O) groups excluding carboxylic acids is 2. The minimum Gasteiger partial charge on any atom is -0.343 e. The van der Waals surface area contributed by atoms with Gasteiger partial charge in [0, 0.05) is 16.3 Å². The Labute approximate surface area is 132 Å². The van der Waals surface area contributed by atoms with E-state index in [1.165, 1.54) is 18.2 Å². The molecule has 4 nitrogen and oxygen atoms in total. The molecular formula is C16H14ClFN2O2. The third-order valence-electron chi connectivity index (χ3n) is 2.97. The predicted octanol–water partition coefficient (Wildman–Crippen LogP) is 3.16. The number of nitrogens with one attached hydrogen (secondary N) is 2. The van der Waals surface area contributed by atoms with E-state index >= 15 is 0 Å². The highest BCUT2D eigenvalue weighted by Gasteiger charge is 2.10. The van der Waals surface area contributed by atoms with Crippen molar-refractivity contribution in [1.29, 1.82) is 0 Å². The summed E-state index contributed by atoms with van der Waals surface area (Å²) in [7, 11) is 0. The van der Waals surface area contributed by atoms with Crippen LogP contribution in [0.25, 0.3) is 0 Å². The zero-order valence-corrected chi connectivity index (χ0v) is 12.6. The van der Waals surface area contributed by atoms with Gasteiger partial charge in [-0.2, -0.15) is 0 Å². The fourth-order valence-electron chi connectivity index (χ4n) is 1.82. The summed E-state index contributed by atoms with van der Waals surface area (Å²) in [5, 5.41) is 5.59. The van der Waals surface area contributed by atoms with Crippen molar-refractivity contribution < 1.29 is 14.0 Å². The number of hydrogen-bond donors (Lipinski definition) is 2. The van der Waals surface area contributed by atoms with Crippen LogP contribution in [-0.4, -0.2) is 18.4 Å². The van der Waals surface area contributed by atoms with Crippen molar-refractivity contribution in [3.63, 3.8) is 0 Å². The van der Waals surface area contributed by atoms with Gasteiger partial charge in [0.05, 0.1) is 6.54 Å². The van der Waals surface area contributed by atoms with Gasteiger partial charge in [0.15, 0.2) is 0 Å².